The maximum absolute atomic E-state index is 2.35. The van der Waals surface area contributed by atoms with Crippen LogP contribution in [0.5, 0.6) is 0 Å². The molecule has 11 heavy (non-hydrogen) atoms. The first kappa shape index (κ1) is 9.44. The quantitative estimate of drug-likeness (QED) is 0.627. The summed E-state index contributed by atoms with van der Waals surface area (Å²) in [6, 6.07) is 0. The molecule has 0 unspecified atom stereocenters. The molecule has 0 N–H and O–H groups in total. The molecule has 1 rings (SSSR count). The number of hydrogen-bond acceptors (Lipinski definition) is 1. The molecule has 1 aliphatic carbocycles. The minimum absolute atomic E-state index is 0.534. The third-order valence-corrected chi connectivity index (χ3v) is 3.21. The Morgan fingerprint density at radius 2 is 1.82 bits per heavy atom. The maximum Gasteiger partial charge on any atom is -0.00134 e. The molecule has 0 bridgehead atoms. The molecule has 1 fully saturated rings. The summed E-state index contributed by atoms with van der Waals surface area (Å²) in [5, 5.41) is 0. The Labute approximate surface area is 75.1 Å². The Kier molecular flexibility index (Phi) is 2.58. The van der Waals surface area contributed by atoms with E-state index in [2.05, 4.69) is 27.0 Å². The third-order valence-electron chi connectivity index (χ3n) is 2.31. The third kappa shape index (κ3) is 3.06. The van der Waals surface area contributed by atoms with Crippen LogP contribution in [0.15, 0.2) is 0 Å². The summed E-state index contributed by atoms with van der Waals surface area (Å²) in [4.78, 5) is 0. The molecule has 0 radical (unpaired) electrons. The van der Waals surface area contributed by atoms with Crippen LogP contribution in [-0.4, -0.2) is 12.0 Å². The largest absolute Gasteiger partial charge is 0.165 e. The van der Waals surface area contributed by atoms with Gasteiger partial charge in [-0.3, -0.25) is 0 Å². The minimum atomic E-state index is 0.534. The molecular formula is C10H20S. The SMILES string of the molecule is CSCC1(CC(C)(C)C)CC1. The van der Waals surface area contributed by atoms with E-state index in [1.54, 1.807) is 0 Å². The van der Waals surface area contributed by atoms with Gasteiger partial charge in [-0.15, -0.1) is 0 Å². The fourth-order valence-corrected chi connectivity index (χ4v) is 2.98. The lowest BCUT2D eigenvalue weighted by Gasteiger charge is -2.25. The van der Waals surface area contributed by atoms with Gasteiger partial charge in [-0.1, -0.05) is 20.8 Å². The van der Waals surface area contributed by atoms with E-state index in [4.69, 9.17) is 0 Å². The Morgan fingerprint density at radius 3 is 2.09 bits per heavy atom. The van der Waals surface area contributed by atoms with E-state index in [0.29, 0.717) is 5.41 Å². The van der Waals surface area contributed by atoms with Crippen LogP contribution in [0, 0.1) is 10.8 Å². The molecule has 1 saturated carbocycles. The van der Waals surface area contributed by atoms with E-state index < -0.39 is 0 Å². The van der Waals surface area contributed by atoms with Gasteiger partial charge in [0.25, 0.3) is 0 Å². The van der Waals surface area contributed by atoms with E-state index in [-0.39, 0.29) is 0 Å². The molecule has 0 saturated heterocycles. The molecule has 0 atom stereocenters. The van der Waals surface area contributed by atoms with Crippen LogP contribution in [0.4, 0.5) is 0 Å². The average Bonchev–Trinajstić information content (AvgIpc) is 2.44. The van der Waals surface area contributed by atoms with E-state index in [1.807, 2.05) is 11.8 Å². The van der Waals surface area contributed by atoms with Gasteiger partial charge >= 0.3 is 0 Å². The summed E-state index contributed by atoms with van der Waals surface area (Å²) in [6.45, 7) is 7.06. The van der Waals surface area contributed by atoms with E-state index in [1.165, 1.54) is 25.0 Å². The zero-order chi connectivity index (χ0) is 8.54. The highest BCUT2D eigenvalue weighted by Crippen LogP contribution is 2.54. The second-order valence-electron chi connectivity index (χ2n) is 5.17. The Morgan fingerprint density at radius 1 is 1.27 bits per heavy atom. The van der Waals surface area contributed by atoms with Crippen LogP contribution in [0.25, 0.3) is 0 Å². The van der Waals surface area contributed by atoms with Crippen molar-refractivity contribution in [3.05, 3.63) is 0 Å². The van der Waals surface area contributed by atoms with Gasteiger partial charge in [-0.05, 0) is 42.1 Å². The van der Waals surface area contributed by atoms with Gasteiger partial charge in [0, 0.05) is 0 Å². The van der Waals surface area contributed by atoms with Crippen LogP contribution in [-0.2, 0) is 0 Å². The van der Waals surface area contributed by atoms with Crippen molar-refractivity contribution in [1.29, 1.82) is 0 Å². The molecule has 0 aromatic carbocycles. The van der Waals surface area contributed by atoms with Gasteiger partial charge in [0.05, 0.1) is 0 Å². The van der Waals surface area contributed by atoms with Crippen molar-refractivity contribution in [2.24, 2.45) is 10.8 Å². The predicted molar refractivity (Wildman–Crippen MR) is 54.1 cm³/mol. The molecular weight excluding hydrogens is 152 g/mol. The number of thioether (sulfide) groups is 1. The van der Waals surface area contributed by atoms with Crippen LogP contribution in [0.3, 0.4) is 0 Å². The fourth-order valence-electron chi connectivity index (χ4n) is 1.98. The standard InChI is InChI=1S/C10H20S/c1-9(2,3)7-10(5-6-10)8-11-4/h5-8H2,1-4H3. The van der Waals surface area contributed by atoms with Crippen molar-refractivity contribution in [2.75, 3.05) is 12.0 Å². The van der Waals surface area contributed by atoms with Crippen LogP contribution >= 0.6 is 11.8 Å². The summed E-state index contributed by atoms with van der Waals surface area (Å²) in [5.74, 6) is 1.38. The first-order chi connectivity index (χ1) is 4.97. The van der Waals surface area contributed by atoms with Crippen molar-refractivity contribution in [3.63, 3.8) is 0 Å². The molecule has 0 nitrogen and oxygen atoms in total. The summed E-state index contributed by atoms with van der Waals surface area (Å²) >= 11 is 2.01. The fraction of sp³-hybridized carbons (Fsp3) is 1.00. The second-order valence-corrected chi connectivity index (χ2v) is 6.04. The van der Waals surface area contributed by atoms with Gasteiger partial charge in [0.1, 0.15) is 0 Å². The zero-order valence-corrected chi connectivity index (χ0v) is 9.05. The lowest BCUT2D eigenvalue weighted by atomic mass is 9.84. The van der Waals surface area contributed by atoms with E-state index in [0.717, 1.165) is 5.41 Å². The lowest BCUT2D eigenvalue weighted by molar-refractivity contribution is 0.297. The van der Waals surface area contributed by atoms with Crippen molar-refractivity contribution in [3.8, 4) is 0 Å². The Hall–Kier alpha value is 0.350. The number of hydrogen-bond donors (Lipinski definition) is 0. The summed E-state index contributed by atoms with van der Waals surface area (Å²) in [5.41, 5.74) is 1.28. The first-order valence-corrected chi connectivity index (χ1v) is 5.86. The maximum atomic E-state index is 2.35. The zero-order valence-electron chi connectivity index (χ0n) is 8.24. The number of rotatable bonds is 3. The highest BCUT2D eigenvalue weighted by molar-refractivity contribution is 7.98. The molecule has 0 heterocycles. The highest BCUT2D eigenvalue weighted by atomic mass is 32.2. The molecule has 0 aliphatic heterocycles. The summed E-state index contributed by atoms with van der Waals surface area (Å²) in [6.07, 6.45) is 6.60. The topological polar surface area (TPSA) is 0 Å². The molecule has 1 aliphatic rings. The monoisotopic (exact) mass is 172 g/mol. The molecule has 0 amide bonds. The van der Waals surface area contributed by atoms with Crippen LogP contribution in [0.2, 0.25) is 0 Å². The van der Waals surface area contributed by atoms with Crippen molar-refractivity contribution < 1.29 is 0 Å². The highest BCUT2D eigenvalue weighted by Gasteiger charge is 2.44. The molecule has 66 valence electrons. The first-order valence-electron chi connectivity index (χ1n) is 4.46. The normalized spacial score (nSPS) is 21.8. The lowest BCUT2D eigenvalue weighted by Crippen LogP contribution is -2.15. The van der Waals surface area contributed by atoms with E-state index in [9.17, 15) is 0 Å². The molecule has 0 spiro atoms. The van der Waals surface area contributed by atoms with Gasteiger partial charge in [0.15, 0.2) is 0 Å². The van der Waals surface area contributed by atoms with Gasteiger partial charge < -0.3 is 0 Å². The van der Waals surface area contributed by atoms with Gasteiger partial charge in [0.2, 0.25) is 0 Å². The Balaban J connectivity index is 2.35. The summed E-state index contributed by atoms with van der Waals surface area (Å²) < 4.78 is 0. The Bertz CT molecular complexity index is 128. The smallest absolute Gasteiger partial charge is 0.00134 e. The van der Waals surface area contributed by atoms with Crippen molar-refractivity contribution in [2.45, 2.75) is 40.0 Å². The molecule has 0 aromatic rings. The van der Waals surface area contributed by atoms with Crippen LogP contribution < -0.4 is 0 Å². The predicted octanol–water partition coefficient (Wildman–Crippen LogP) is 3.57. The van der Waals surface area contributed by atoms with Gasteiger partial charge in [-0.25, -0.2) is 0 Å². The molecule has 0 aromatic heterocycles. The van der Waals surface area contributed by atoms with E-state index >= 15 is 0 Å². The molecule has 1 heteroatoms. The minimum Gasteiger partial charge on any atom is -0.165 e. The van der Waals surface area contributed by atoms with Crippen molar-refractivity contribution in [1.82, 2.24) is 0 Å². The van der Waals surface area contributed by atoms with Crippen LogP contribution in [0.1, 0.15) is 40.0 Å². The average molecular weight is 172 g/mol. The summed E-state index contributed by atoms with van der Waals surface area (Å²) in [7, 11) is 0. The van der Waals surface area contributed by atoms with Gasteiger partial charge in [-0.2, -0.15) is 11.8 Å². The second kappa shape index (κ2) is 3.01. The van der Waals surface area contributed by atoms with Crippen molar-refractivity contribution >= 4 is 11.8 Å².